The number of cyclic esters (lactones) is 1. The van der Waals surface area contributed by atoms with Gasteiger partial charge in [0.25, 0.3) is 0 Å². The fourth-order valence-corrected chi connectivity index (χ4v) is 3.57. The van der Waals surface area contributed by atoms with Gasteiger partial charge in [-0.25, -0.2) is 4.79 Å². The predicted molar refractivity (Wildman–Crippen MR) is 85.2 cm³/mol. The van der Waals surface area contributed by atoms with E-state index in [0.717, 1.165) is 0 Å². The van der Waals surface area contributed by atoms with Crippen LogP contribution < -0.4 is 0 Å². The van der Waals surface area contributed by atoms with Gasteiger partial charge in [-0.05, 0) is 13.3 Å². The summed E-state index contributed by atoms with van der Waals surface area (Å²) in [4.78, 5) is 12.0. The molecule has 9 nitrogen and oxygen atoms in total. The standard InChI is InChI=1S/C17H24O9/c1-3-8-9-4-7(2)24-15(22)10(9)6-23-16(8)26-17-14(21)13(20)12(19)11(5-18)25-17/h3,6-9,11-14,16-21H,1,4-5H2,2H3/t7-,8+,9-,11+,12+,13-,14+,16-,17-/m0/s1. The monoisotopic (exact) mass is 372 g/mol. The predicted octanol–water partition coefficient (Wildman–Crippen LogP) is -1.20. The first-order valence-corrected chi connectivity index (χ1v) is 8.52. The van der Waals surface area contributed by atoms with Crippen LogP contribution in [0, 0.1) is 11.8 Å². The summed E-state index contributed by atoms with van der Waals surface area (Å²) in [5.74, 6) is -1.10. The minimum atomic E-state index is -1.55. The van der Waals surface area contributed by atoms with Gasteiger partial charge in [-0.3, -0.25) is 0 Å². The van der Waals surface area contributed by atoms with Crippen LogP contribution in [0.3, 0.4) is 0 Å². The molecule has 0 saturated carbocycles. The largest absolute Gasteiger partial charge is 0.471 e. The van der Waals surface area contributed by atoms with Gasteiger partial charge in [0, 0.05) is 11.8 Å². The number of carbonyl (C=O) groups is 1. The molecule has 2 fully saturated rings. The Morgan fingerprint density at radius 1 is 1.27 bits per heavy atom. The summed E-state index contributed by atoms with van der Waals surface area (Å²) in [5.41, 5.74) is 0.390. The second kappa shape index (κ2) is 7.63. The van der Waals surface area contributed by atoms with Gasteiger partial charge < -0.3 is 39.4 Å². The molecule has 9 heteroatoms. The van der Waals surface area contributed by atoms with Crippen molar-refractivity contribution in [2.24, 2.45) is 11.8 Å². The Bertz CT molecular complexity index is 575. The van der Waals surface area contributed by atoms with Crippen molar-refractivity contribution in [3.8, 4) is 0 Å². The third-order valence-electron chi connectivity index (χ3n) is 5.03. The third-order valence-corrected chi connectivity index (χ3v) is 5.03. The van der Waals surface area contributed by atoms with Crippen LogP contribution in [0.1, 0.15) is 13.3 Å². The Hall–Kier alpha value is -1.49. The SMILES string of the molecule is C=C[C@H]1[C@H](O[C@@H]2O[C@H](CO)[C@@H](O)[C@H](O)[C@H]2O)OC=C2C(=O)O[C@@H](C)C[C@H]21. The van der Waals surface area contributed by atoms with Crippen LogP contribution >= 0.6 is 0 Å². The van der Waals surface area contributed by atoms with Crippen molar-refractivity contribution in [2.45, 2.75) is 56.4 Å². The van der Waals surface area contributed by atoms with Crippen LogP contribution in [0.25, 0.3) is 0 Å². The topological polar surface area (TPSA) is 135 Å². The number of aliphatic hydroxyl groups is 4. The summed E-state index contributed by atoms with van der Waals surface area (Å²) in [6, 6.07) is 0. The molecular weight excluding hydrogens is 348 g/mol. The summed E-state index contributed by atoms with van der Waals surface area (Å²) in [5, 5.41) is 39.1. The molecule has 0 unspecified atom stereocenters. The molecule has 2 saturated heterocycles. The summed E-state index contributed by atoms with van der Waals surface area (Å²) in [6.07, 6.45) is -4.75. The van der Waals surface area contributed by atoms with Crippen LogP contribution in [0.2, 0.25) is 0 Å². The quantitative estimate of drug-likeness (QED) is 0.354. The lowest BCUT2D eigenvalue weighted by Crippen LogP contribution is -2.60. The molecule has 26 heavy (non-hydrogen) atoms. The van der Waals surface area contributed by atoms with E-state index < -0.39 is 55.5 Å². The Labute approximate surface area is 150 Å². The van der Waals surface area contributed by atoms with Crippen molar-refractivity contribution in [1.82, 2.24) is 0 Å². The minimum absolute atomic E-state index is 0.229. The molecule has 9 atom stereocenters. The highest BCUT2D eigenvalue weighted by Gasteiger charge is 2.48. The van der Waals surface area contributed by atoms with Gasteiger partial charge in [0.05, 0.1) is 24.5 Å². The summed E-state index contributed by atoms with van der Waals surface area (Å²) < 4.78 is 21.7. The van der Waals surface area contributed by atoms with E-state index in [1.165, 1.54) is 6.26 Å². The van der Waals surface area contributed by atoms with E-state index >= 15 is 0 Å². The molecule has 3 rings (SSSR count). The summed E-state index contributed by atoms with van der Waals surface area (Å²) >= 11 is 0. The van der Waals surface area contributed by atoms with E-state index in [9.17, 15) is 25.2 Å². The summed E-state index contributed by atoms with van der Waals surface area (Å²) in [7, 11) is 0. The smallest absolute Gasteiger partial charge is 0.337 e. The zero-order valence-corrected chi connectivity index (χ0v) is 14.3. The third kappa shape index (κ3) is 3.38. The molecule has 0 aromatic heterocycles. The molecule has 3 heterocycles. The molecule has 3 aliphatic rings. The maximum absolute atomic E-state index is 12.0. The van der Waals surface area contributed by atoms with Crippen molar-refractivity contribution < 1.29 is 44.2 Å². The second-order valence-electron chi connectivity index (χ2n) is 6.78. The lowest BCUT2D eigenvalue weighted by Gasteiger charge is -2.44. The Morgan fingerprint density at radius 3 is 2.65 bits per heavy atom. The molecule has 0 aliphatic carbocycles. The second-order valence-corrected chi connectivity index (χ2v) is 6.78. The van der Waals surface area contributed by atoms with E-state index in [1.54, 1.807) is 13.0 Å². The molecule has 0 aromatic rings. The van der Waals surface area contributed by atoms with Crippen LogP contribution in [-0.4, -0.2) is 76.1 Å². The molecular formula is C17H24O9. The van der Waals surface area contributed by atoms with Gasteiger partial charge in [0.2, 0.25) is 6.29 Å². The van der Waals surface area contributed by atoms with Crippen molar-refractivity contribution >= 4 is 5.97 Å². The van der Waals surface area contributed by atoms with Crippen LogP contribution in [-0.2, 0) is 23.7 Å². The summed E-state index contributed by atoms with van der Waals surface area (Å²) in [6.45, 7) is 5.01. The highest BCUT2D eigenvalue weighted by molar-refractivity contribution is 5.90. The van der Waals surface area contributed by atoms with Crippen molar-refractivity contribution in [2.75, 3.05) is 6.61 Å². The number of rotatable bonds is 4. The van der Waals surface area contributed by atoms with Crippen LogP contribution in [0.15, 0.2) is 24.5 Å². The Balaban J connectivity index is 1.77. The molecule has 4 N–H and O–H groups in total. The van der Waals surface area contributed by atoms with E-state index in [2.05, 4.69) is 6.58 Å². The molecule has 0 aromatic carbocycles. The van der Waals surface area contributed by atoms with Crippen molar-refractivity contribution in [1.29, 1.82) is 0 Å². The maximum atomic E-state index is 12.0. The van der Waals surface area contributed by atoms with E-state index in [1.807, 2.05) is 0 Å². The first-order chi connectivity index (χ1) is 12.4. The number of ether oxygens (including phenoxy) is 4. The van der Waals surface area contributed by atoms with Crippen molar-refractivity contribution in [3.05, 3.63) is 24.5 Å². The Kier molecular flexibility index (Phi) is 5.66. The van der Waals surface area contributed by atoms with E-state index in [-0.39, 0.29) is 12.0 Å². The number of esters is 1. The van der Waals surface area contributed by atoms with Crippen molar-refractivity contribution in [3.63, 3.8) is 0 Å². The average molecular weight is 372 g/mol. The first-order valence-electron chi connectivity index (χ1n) is 8.52. The van der Waals surface area contributed by atoms with Gasteiger partial charge >= 0.3 is 5.97 Å². The molecule has 146 valence electrons. The molecule has 0 bridgehead atoms. The number of fused-ring (bicyclic) bond motifs is 1. The molecule has 3 aliphatic heterocycles. The maximum Gasteiger partial charge on any atom is 0.337 e. The number of hydrogen-bond acceptors (Lipinski definition) is 9. The van der Waals surface area contributed by atoms with Crippen LogP contribution in [0.4, 0.5) is 0 Å². The van der Waals surface area contributed by atoms with Gasteiger partial charge in [0.1, 0.15) is 24.4 Å². The lowest BCUT2D eigenvalue weighted by molar-refractivity contribution is -0.339. The first kappa shape index (κ1) is 19.3. The fraction of sp³-hybridized carbons (Fsp3) is 0.706. The number of aliphatic hydroxyl groups excluding tert-OH is 4. The van der Waals surface area contributed by atoms with Crippen LogP contribution in [0.5, 0.6) is 0 Å². The van der Waals surface area contributed by atoms with E-state index in [0.29, 0.717) is 12.0 Å². The molecule has 0 radical (unpaired) electrons. The highest BCUT2D eigenvalue weighted by atomic mass is 16.8. The fourth-order valence-electron chi connectivity index (χ4n) is 3.57. The van der Waals surface area contributed by atoms with E-state index in [4.69, 9.17) is 18.9 Å². The van der Waals surface area contributed by atoms with Gasteiger partial charge in [0.15, 0.2) is 6.29 Å². The van der Waals surface area contributed by atoms with Gasteiger partial charge in [-0.2, -0.15) is 0 Å². The molecule has 0 spiro atoms. The number of hydrogen-bond donors (Lipinski definition) is 4. The molecule has 0 amide bonds. The zero-order chi connectivity index (χ0) is 19.0. The van der Waals surface area contributed by atoms with Gasteiger partial charge in [-0.1, -0.05) is 6.08 Å². The minimum Gasteiger partial charge on any atom is -0.471 e. The van der Waals surface area contributed by atoms with Gasteiger partial charge in [-0.15, -0.1) is 6.58 Å². The normalized spacial score (nSPS) is 45.8. The lowest BCUT2D eigenvalue weighted by atomic mass is 9.79. The number of carbonyl (C=O) groups excluding carboxylic acids is 1. The average Bonchev–Trinajstić information content (AvgIpc) is 2.61. The zero-order valence-electron chi connectivity index (χ0n) is 14.3. The Morgan fingerprint density at radius 2 is 2.00 bits per heavy atom. The highest BCUT2D eigenvalue weighted by Crippen LogP contribution is 2.40.